The minimum Gasteiger partial charge on any atom is -0.497 e. The van der Waals surface area contributed by atoms with Gasteiger partial charge in [-0.15, -0.1) is 11.3 Å². The summed E-state index contributed by atoms with van der Waals surface area (Å²) in [5, 5.41) is 4.83. The quantitative estimate of drug-likeness (QED) is 0.624. The molecule has 7 nitrogen and oxygen atoms in total. The van der Waals surface area contributed by atoms with Crippen LogP contribution in [0.25, 0.3) is 0 Å². The fraction of sp³-hybridized carbons (Fsp3) is 0.368. The van der Waals surface area contributed by atoms with Gasteiger partial charge in [0.2, 0.25) is 5.91 Å². The summed E-state index contributed by atoms with van der Waals surface area (Å²) in [6, 6.07) is 9.35. The molecule has 0 fully saturated rings. The average molecular weight is 392 g/mol. The van der Waals surface area contributed by atoms with E-state index in [1.165, 1.54) is 7.11 Å². The summed E-state index contributed by atoms with van der Waals surface area (Å²) in [6.07, 6.45) is 0. The summed E-state index contributed by atoms with van der Waals surface area (Å²) in [6.45, 7) is 0.910. The highest BCUT2D eigenvalue weighted by Crippen LogP contribution is 2.23. The van der Waals surface area contributed by atoms with Crippen molar-refractivity contribution in [3.8, 4) is 11.5 Å². The molecule has 0 saturated heterocycles. The number of rotatable bonds is 10. The maximum atomic E-state index is 12.3. The minimum atomic E-state index is -0.407. The lowest BCUT2D eigenvalue weighted by Gasteiger charge is -2.21. The first-order valence-corrected chi connectivity index (χ1v) is 9.22. The molecule has 2 rings (SSSR count). The zero-order valence-electron chi connectivity index (χ0n) is 15.7. The van der Waals surface area contributed by atoms with Gasteiger partial charge in [0.1, 0.15) is 11.5 Å². The zero-order valence-corrected chi connectivity index (χ0v) is 16.5. The first kappa shape index (κ1) is 20.7. The van der Waals surface area contributed by atoms with E-state index in [9.17, 15) is 9.59 Å². The third kappa shape index (κ3) is 6.92. The van der Waals surface area contributed by atoms with Crippen LogP contribution in [0.3, 0.4) is 0 Å². The average Bonchev–Trinajstić information content (AvgIpc) is 3.19. The second-order valence-corrected chi connectivity index (χ2v) is 6.83. The van der Waals surface area contributed by atoms with Crippen LogP contribution < -0.4 is 14.8 Å². The molecule has 0 atom stereocenters. The monoisotopic (exact) mass is 392 g/mol. The van der Waals surface area contributed by atoms with E-state index in [-0.39, 0.29) is 19.0 Å². The molecule has 0 radical (unpaired) electrons. The summed E-state index contributed by atoms with van der Waals surface area (Å²) < 4.78 is 15.3. The summed E-state index contributed by atoms with van der Waals surface area (Å²) in [4.78, 5) is 26.8. The van der Waals surface area contributed by atoms with Crippen LogP contribution >= 0.6 is 11.3 Å². The third-order valence-electron chi connectivity index (χ3n) is 3.80. The van der Waals surface area contributed by atoms with E-state index in [0.717, 1.165) is 10.4 Å². The number of ether oxygens (including phenoxy) is 3. The molecule has 0 aliphatic heterocycles. The molecule has 1 N–H and O–H groups in total. The highest BCUT2D eigenvalue weighted by Gasteiger charge is 2.16. The molecule has 27 heavy (non-hydrogen) atoms. The Bertz CT molecular complexity index is 726. The second-order valence-electron chi connectivity index (χ2n) is 5.80. The minimum absolute atomic E-state index is 0.00243. The third-order valence-corrected chi connectivity index (χ3v) is 4.68. The molecule has 0 unspecified atom stereocenters. The molecule has 0 saturated carbocycles. The van der Waals surface area contributed by atoms with Crippen LogP contribution in [-0.2, 0) is 27.4 Å². The Morgan fingerprint density at radius 2 is 1.78 bits per heavy atom. The number of esters is 1. The molecule has 146 valence electrons. The van der Waals surface area contributed by atoms with E-state index in [2.05, 4.69) is 5.32 Å². The Kier molecular flexibility index (Phi) is 8.09. The van der Waals surface area contributed by atoms with E-state index < -0.39 is 5.97 Å². The van der Waals surface area contributed by atoms with Gasteiger partial charge in [0.05, 0.1) is 41.0 Å². The van der Waals surface area contributed by atoms with Gasteiger partial charge in [-0.25, -0.2) is 0 Å². The predicted molar refractivity (Wildman–Crippen MR) is 103 cm³/mol. The van der Waals surface area contributed by atoms with Crippen LogP contribution in [0.15, 0.2) is 35.7 Å². The molecular weight excluding hydrogens is 368 g/mol. The van der Waals surface area contributed by atoms with Crippen LogP contribution in [0.5, 0.6) is 11.5 Å². The Balaban J connectivity index is 2.04. The molecular formula is C19H24N2O5S. The van der Waals surface area contributed by atoms with Crippen LogP contribution in [-0.4, -0.2) is 51.2 Å². The number of benzene rings is 1. The van der Waals surface area contributed by atoms with Gasteiger partial charge < -0.3 is 19.5 Å². The fourth-order valence-corrected chi connectivity index (χ4v) is 3.13. The Morgan fingerprint density at radius 3 is 2.33 bits per heavy atom. The van der Waals surface area contributed by atoms with Gasteiger partial charge in [0.15, 0.2) is 0 Å². The molecule has 0 bridgehead atoms. The number of carbonyl (C=O) groups excluding carboxylic acids is 2. The smallest absolute Gasteiger partial charge is 0.319 e. The standard InChI is InChI=1S/C19H24N2O5S/c1-24-15-7-14(8-16(9-15)25-2)11-21(13-19(23)26-3)12-18(22)20-10-17-5-4-6-27-17/h4-9H,10-13H2,1-3H3,(H,20,22). The lowest BCUT2D eigenvalue weighted by Crippen LogP contribution is -2.39. The molecule has 1 heterocycles. The first-order valence-electron chi connectivity index (χ1n) is 8.34. The Hall–Kier alpha value is -2.58. The predicted octanol–water partition coefficient (Wildman–Crippen LogP) is 2.06. The Labute approximate surface area is 162 Å². The molecule has 1 aromatic carbocycles. The summed E-state index contributed by atoms with van der Waals surface area (Å²) in [7, 11) is 4.47. The largest absolute Gasteiger partial charge is 0.497 e. The Morgan fingerprint density at radius 1 is 1.07 bits per heavy atom. The lowest BCUT2D eigenvalue weighted by molar-refractivity contribution is -0.142. The molecule has 8 heteroatoms. The zero-order chi connectivity index (χ0) is 19.6. The van der Waals surface area contributed by atoms with E-state index >= 15 is 0 Å². The molecule has 1 amide bonds. The number of hydrogen-bond donors (Lipinski definition) is 1. The van der Waals surface area contributed by atoms with Gasteiger partial charge in [-0.1, -0.05) is 6.07 Å². The van der Waals surface area contributed by atoms with E-state index in [1.54, 1.807) is 36.5 Å². The SMILES string of the molecule is COC(=O)CN(CC(=O)NCc1cccs1)Cc1cc(OC)cc(OC)c1. The van der Waals surface area contributed by atoms with Gasteiger partial charge in [0.25, 0.3) is 0 Å². The summed E-state index contributed by atoms with van der Waals surface area (Å²) in [5.41, 5.74) is 0.862. The van der Waals surface area contributed by atoms with Crippen LogP contribution in [0.4, 0.5) is 0 Å². The summed E-state index contributed by atoms with van der Waals surface area (Å²) in [5.74, 6) is 0.715. The second kappa shape index (κ2) is 10.5. The number of methoxy groups -OCH3 is 3. The highest BCUT2D eigenvalue weighted by molar-refractivity contribution is 7.09. The molecule has 1 aromatic heterocycles. The molecule has 0 aliphatic carbocycles. The number of amides is 1. The highest BCUT2D eigenvalue weighted by atomic mass is 32.1. The van der Waals surface area contributed by atoms with E-state index in [1.807, 2.05) is 29.6 Å². The van der Waals surface area contributed by atoms with Crippen LogP contribution in [0, 0.1) is 0 Å². The molecule has 0 spiro atoms. The summed E-state index contributed by atoms with van der Waals surface area (Å²) >= 11 is 1.58. The van der Waals surface area contributed by atoms with Gasteiger partial charge in [-0.2, -0.15) is 0 Å². The number of nitrogens with zero attached hydrogens (tertiary/aromatic N) is 1. The van der Waals surface area contributed by atoms with Crippen molar-refractivity contribution in [1.82, 2.24) is 10.2 Å². The van der Waals surface area contributed by atoms with Crippen molar-refractivity contribution in [3.63, 3.8) is 0 Å². The van der Waals surface area contributed by atoms with Crippen LogP contribution in [0.2, 0.25) is 0 Å². The maximum absolute atomic E-state index is 12.3. The normalized spacial score (nSPS) is 10.5. The van der Waals surface area contributed by atoms with Gasteiger partial charge in [-0.05, 0) is 29.1 Å². The van der Waals surface area contributed by atoms with Crippen molar-refractivity contribution in [3.05, 3.63) is 46.2 Å². The number of thiophene rings is 1. The molecule has 0 aliphatic rings. The van der Waals surface area contributed by atoms with Gasteiger partial charge >= 0.3 is 5.97 Å². The van der Waals surface area contributed by atoms with E-state index in [0.29, 0.717) is 24.6 Å². The lowest BCUT2D eigenvalue weighted by atomic mass is 10.2. The van der Waals surface area contributed by atoms with Crippen LogP contribution in [0.1, 0.15) is 10.4 Å². The van der Waals surface area contributed by atoms with Crippen molar-refractivity contribution >= 4 is 23.2 Å². The van der Waals surface area contributed by atoms with Crippen molar-refractivity contribution in [2.75, 3.05) is 34.4 Å². The number of nitrogens with one attached hydrogen (secondary N) is 1. The van der Waals surface area contributed by atoms with E-state index in [4.69, 9.17) is 14.2 Å². The van der Waals surface area contributed by atoms with Gasteiger partial charge in [0, 0.05) is 17.5 Å². The number of carbonyl (C=O) groups is 2. The fourth-order valence-electron chi connectivity index (χ4n) is 2.49. The maximum Gasteiger partial charge on any atom is 0.319 e. The van der Waals surface area contributed by atoms with Crippen molar-refractivity contribution in [2.24, 2.45) is 0 Å². The van der Waals surface area contributed by atoms with Crippen molar-refractivity contribution < 1.29 is 23.8 Å². The first-order chi connectivity index (χ1) is 13.0. The topological polar surface area (TPSA) is 77.1 Å². The van der Waals surface area contributed by atoms with Crippen molar-refractivity contribution in [1.29, 1.82) is 0 Å². The molecule has 2 aromatic rings. The number of hydrogen-bond acceptors (Lipinski definition) is 7. The van der Waals surface area contributed by atoms with Crippen molar-refractivity contribution in [2.45, 2.75) is 13.1 Å². The van der Waals surface area contributed by atoms with Gasteiger partial charge in [-0.3, -0.25) is 14.5 Å².